The summed E-state index contributed by atoms with van der Waals surface area (Å²) in [6.07, 6.45) is 0.831. The van der Waals surface area contributed by atoms with Crippen LogP contribution in [0.15, 0.2) is 48.5 Å². The quantitative estimate of drug-likeness (QED) is 0.820. The fraction of sp³-hybridized carbons (Fsp3) is 0.235. The van der Waals surface area contributed by atoms with Gasteiger partial charge in [-0.25, -0.2) is 0 Å². The van der Waals surface area contributed by atoms with Gasteiger partial charge >= 0.3 is 0 Å². The number of hydrogen-bond acceptors (Lipinski definition) is 3. The van der Waals surface area contributed by atoms with Crippen LogP contribution in [0, 0.1) is 0 Å². The van der Waals surface area contributed by atoms with Crippen molar-refractivity contribution in [3.8, 4) is 5.75 Å². The lowest BCUT2D eigenvalue weighted by Crippen LogP contribution is -2.04. The Morgan fingerprint density at radius 2 is 1.55 bits per heavy atom. The third-order valence-corrected chi connectivity index (χ3v) is 3.08. The van der Waals surface area contributed by atoms with Crippen molar-refractivity contribution in [3.63, 3.8) is 0 Å². The van der Waals surface area contributed by atoms with E-state index in [4.69, 9.17) is 10.5 Å². The van der Waals surface area contributed by atoms with E-state index >= 15 is 0 Å². The molecule has 0 aromatic heterocycles. The maximum Gasteiger partial charge on any atom is 0.193 e. The molecule has 0 aliphatic carbocycles. The molecule has 3 heteroatoms. The molecule has 2 aromatic carbocycles. The number of nitrogens with two attached hydrogens (primary N) is 1. The molecule has 0 radical (unpaired) electrons. The number of carbonyl (C=O) groups excluding carboxylic acids is 1. The van der Waals surface area contributed by atoms with E-state index in [2.05, 4.69) is 0 Å². The Morgan fingerprint density at radius 3 is 2.05 bits per heavy atom. The summed E-state index contributed by atoms with van der Waals surface area (Å²) < 4.78 is 5.37. The highest BCUT2D eigenvalue weighted by atomic mass is 16.5. The minimum Gasteiger partial charge on any atom is -0.494 e. The number of hydrogen-bond donors (Lipinski definition) is 1. The van der Waals surface area contributed by atoms with E-state index in [1.807, 2.05) is 43.3 Å². The molecule has 2 aromatic rings. The second kappa shape index (κ2) is 6.87. The number of benzene rings is 2. The van der Waals surface area contributed by atoms with Gasteiger partial charge in [0.1, 0.15) is 5.75 Å². The molecule has 0 aliphatic heterocycles. The maximum atomic E-state index is 12.3. The van der Waals surface area contributed by atoms with Gasteiger partial charge in [-0.05, 0) is 49.7 Å². The molecule has 0 amide bonds. The lowest BCUT2D eigenvalue weighted by Gasteiger charge is -2.05. The summed E-state index contributed by atoms with van der Waals surface area (Å²) in [5.41, 5.74) is 8.01. The Bertz CT molecular complexity index is 507. The van der Waals surface area contributed by atoms with E-state index in [0.29, 0.717) is 24.3 Å². The molecule has 0 fully saturated rings. The number of ketones is 1. The summed E-state index contributed by atoms with van der Waals surface area (Å²) in [5.74, 6) is 0.801. The summed E-state index contributed by atoms with van der Waals surface area (Å²) >= 11 is 0. The average molecular weight is 269 g/mol. The van der Waals surface area contributed by atoms with Crippen LogP contribution in [0.25, 0.3) is 0 Å². The molecule has 0 spiro atoms. The highest BCUT2D eigenvalue weighted by Gasteiger charge is 2.08. The molecular formula is C17H19NO2. The molecule has 0 aliphatic rings. The minimum absolute atomic E-state index is 0.0207. The molecule has 20 heavy (non-hydrogen) atoms. The zero-order chi connectivity index (χ0) is 14.4. The molecule has 3 nitrogen and oxygen atoms in total. The van der Waals surface area contributed by atoms with Crippen LogP contribution in [0.4, 0.5) is 0 Å². The molecule has 104 valence electrons. The normalized spacial score (nSPS) is 10.3. The Balaban J connectivity index is 2.13. The Morgan fingerprint density at radius 1 is 1.00 bits per heavy atom. The van der Waals surface area contributed by atoms with Crippen LogP contribution in [0.5, 0.6) is 5.75 Å². The van der Waals surface area contributed by atoms with Crippen LogP contribution in [0.1, 0.15) is 28.4 Å². The van der Waals surface area contributed by atoms with Gasteiger partial charge in [-0.15, -0.1) is 0 Å². The molecule has 0 saturated heterocycles. The van der Waals surface area contributed by atoms with E-state index in [1.54, 1.807) is 12.1 Å². The fourth-order valence-electron chi connectivity index (χ4n) is 2.03. The number of ether oxygens (including phenoxy) is 1. The van der Waals surface area contributed by atoms with Gasteiger partial charge < -0.3 is 10.5 Å². The third-order valence-electron chi connectivity index (χ3n) is 3.08. The van der Waals surface area contributed by atoms with E-state index < -0.39 is 0 Å². The first kappa shape index (κ1) is 14.3. The summed E-state index contributed by atoms with van der Waals surface area (Å²) in [6, 6.07) is 14.8. The highest BCUT2D eigenvalue weighted by molar-refractivity contribution is 6.09. The predicted molar refractivity (Wildman–Crippen MR) is 80.2 cm³/mol. The molecule has 0 bridgehead atoms. The standard InChI is InChI=1S/C17H19NO2/c1-2-20-16-9-7-15(8-10-16)17(19)14-5-3-13(4-6-14)11-12-18/h3-10H,2,11-12,18H2,1H3. The van der Waals surface area contributed by atoms with Crippen molar-refractivity contribution in [2.24, 2.45) is 5.73 Å². The van der Waals surface area contributed by atoms with Crippen LogP contribution >= 0.6 is 0 Å². The SMILES string of the molecule is CCOc1ccc(C(=O)c2ccc(CCN)cc2)cc1. The van der Waals surface area contributed by atoms with Gasteiger partial charge in [0.2, 0.25) is 0 Å². The molecule has 2 N–H and O–H groups in total. The average Bonchev–Trinajstić information content (AvgIpc) is 2.49. The monoisotopic (exact) mass is 269 g/mol. The second-order valence-corrected chi connectivity index (χ2v) is 4.52. The maximum absolute atomic E-state index is 12.3. The van der Waals surface area contributed by atoms with Crippen LogP contribution in [0.2, 0.25) is 0 Å². The first-order valence-electron chi connectivity index (χ1n) is 6.81. The van der Waals surface area contributed by atoms with E-state index in [0.717, 1.165) is 17.7 Å². The number of rotatable bonds is 6. The van der Waals surface area contributed by atoms with Crippen molar-refractivity contribution in [2.75, 3.05) is 13.2 Å². The van der Waals surface area contributed by atoms with E-state index in [-0.39, 0.29) is 5.78 Å². The summed E-state index contributed by atoms with van der Waals surface area (Å²) in [7, 11) is 0. The van der Waals surface area contributed by atoms with E-state index in [1.165, 1.54) is 0 Å². The highest BCUT2D eigenvalue weighted by Crippen LogP contribution is 2.16. The lowest BCUT2D eigenvalue weighted by atomic mass is 10.0. The summed E-state index contributed by atoms with van der Waals surface area (Å²) in [6.45, 7) is 3.17. The second-order valence-electron chi connectivity index (χ2n) is 4.52. The first-order chi connectivity index (χ1) is 9.74. The Kier molecular flexibility index (Phi) is 4.91. The zero-order valence-corrected chi connectivity index (χ0v) is 11.6. The van der Waals surface area contributed by atoms with Crippen LogP contribution < -0.4 is 10.5 Å². The lowest BCUT2D eigenvalue weighted by molar-refractivity contribution is 0.103. The van der Waals surface area contributed by atoms with Crippen molar-refractivity contribution in [1.29, 1.82) is 0 Å². The van der Waals surface area contributed by atoms with Crippen molar-refractivity contribution in [1.82, 2.24) is 0 Å². The fourth-order valence-corrected chi connectivity index (χ4v) is 2.03. The molecule has 2 rings (SSSR count). The molecule has 0 saturated carbocycles. The van der Waals surface area contributed by atoms with Gasteiger partial charge in [0.25, 0.3) is 0 Å². The topological polar surface area (TPSA) is 52.3 Å². The van der Waals surface area contributed by atoms with Crippen molar-refractivity contribution in [3.05, 3.63) is 65.2 Å². The molecule has 0 heterocycles. The summed E-state index contributed by atoms with van der Waals surface area (Å²) in [4.78, 5) is 12.3. The predicted octanol–water partition coefficient (Wildman–Crippen LogP) is 2.82. The smallest absolute Gasteiger partial charge is 0.193 e. The van der Waals surface area contributed by atoms with Crippen LogP contribution in [-0.4, -0.2) is 18.9 Å². The minimum atomic E-state index is 0.0207. The van der Waals surface area contributed by atoms with Gasteiger partial charge in [-0.1, -0.05) is 24.3 Å². The third kappa shape index (κ3) is 3.45. The van der Waals surface area contributed by atoms with Gasteiger partial charge in [0, 0.05) is 11.1 Å². The van der Waals surface area contributed by atoms with Crippen molar-refractivity contribution in [2.45, 2.75) is 13.3 Å². The van der Waals surface area contributed by atoms with Gasteiger partial charge in [0.15, 0.2) is 5.78 Å². The van der Waals surface area contributed by atoms with Crippen LogP contribution in [-0.2, 0) is 6.42 Å². The molecule has 0 atom stereocenters. The zero-order valence-electron chi connectivity index (χ0n) is 11.6. The largest absolute Gasteiger partial charge is 0.494 e. The summed E-state index contributed by atoms with van der Waals surface area (Å²) in [5, 5.41) is 0. The van der Waals surface area contributed by atoms with Crippen LogP contribution in [0.3, 0.4) is 0 Å². The van der Waals surface area contributed by atoms with Crippen molar-refractivity contribution < 1.29 is 9.53 Å². The number of carbonyl (C=O) groups is 1. The van der Waals surface area contributed by atoms with E-state index in [9.17, 15) is 4.79 Å². The van der Waals surface area contributed by atoms with Gasteiger partial charge in [0.05, 0.1) is 6.61 Å². The first-order valence-corrected chi connectivity index (χ1v) is 6.81. The van der Waals surface area contributed by atoms with Gasteiger partial charge in [-0.3, -0.25) is 4.79 Å². The molecular weight excluding hydrogens is 250 g/mol. The Hall–Kier alpha value is -2.13. The van der Waals surface area contributed by atoms with Gasteiger partial charge in [-0.2, -0.15) is 0 Å². The molecule has 0 unspecified atom stereocenters. The van der Waals surface area contributed by atoms with Crippen molar-refractivity contribution >= 4 is 5.78 Å². The Labute approximate surface area is 119 Å².